The first-order chi connectivity index (χ1) is 15.3. The predicted molar refractivity (Wildman–Crippen MR) is 125 cm³/mol. The Morgan fingerprint density at radius 1 is 1.22 bits per heavy atom. The van der Waals surface area contributed by atoms with Gasteiger partial charge in [-0.2, -0.15) is 13.5 Å². The number of anilines is 1. The van der Waals surface area contributed by atoms with Crippen LogP contribution in [0.2, 0.25) is 0 Å². The number of rotatable bonds is 11. The summed E-state index contributed by atoms with van der Waals surface area (Å²) in [4.78, 5) is -0.184. The second-order valence-corrected chi connectivity index (χ2v) is 9.74. The number of aliphatic hydroxyl groups excluding tert-OH is 1. The van der Waals surface area contributed by atoms with E-state index in [9.17, 15) is 18.1 Å². The van der Waals surface area contributed by atoms with Crippen molar-refractivity contribution in [2.75, 3.05) is 18.5 Å². The third-order valence-corrected chi connectivity index (χ3v) is 6.76. The molecule has 1 aromatic carbocycles. The Morgan fingerprint density at radius 3 is 2.50 bits per heavy atom. The largest absolute Gasteiger partial charge is 0.393 e. The van der Waals surface area contributed by atoms with Crippen molar-refractivity contribution >= 4 is 22.2 Å². The fourth-order valence-electron chi connectivity index (χ4n) is 4.04. The number of aromatic nitrogens is 2. The van der Waals surface area contributed by atoms with Crippen molar-refractivity contribution in [3.05, 3.63) is 29.8 Å². The molecule has 1 saturated carbocycles. The average Bonchev–Trinajstić information content (AvgIpc) is 3.11. The third-order valence-electron chi connectivity index (χ3n) is 5.89. The van der Waals surface area contributed by atoms with E-state index in [-0.39, 0.29) is 11.0 Å². The maximum absolute atomic E-state index is 11.4. The quantitative estimate of drug-likeness (QED) is 0.149. The van der Waals surface area contributed by atoms with Crippen LogP contribution < -0.4 is 10.6 Å². The lowest BCUT2D eigenvalue weighted by molar-refractivity contribution is 0.103. The first-order valence-corrected chi connectivity index (χ1v) is 12.6. The molecular weight excluding hydrogens is 430 g/mol. The number of benzene rings is 1. The van der Waals surface area contributed by atoms with Gasteiger partial charge in [0.2, 0.25) is 0 Å². The Morgan fingerprint density at radius 2 is 1.91 bits per heavy atom. The molecule has 3 rings (SSSR count). The molecule has 1 aromatic heterocycles. The molecule has 1 fully saturated rings. The molecule has 0 spiro atoms. The van der Waals surface area contributed by atoms with Crippen molar-refractivity contribution in [1.29, 1.82) is 5.41 Å². The second kappa shape index (κ2) is 11.0. The van der Waals surface area contributed by atoms with Crippen LogP contribution >= 0.6 is 0 Å². The highest BCUT2D eigenvalue weighted by atomic mass is 32.2. The lowest BCUT2D eigenvalue weighted by atomic mass is 9.87. The summed E-state index contributed by atoms with van der Waals surface area (Å²) in [6, 6.07) is 5.84. The van der Waals surface area contributed by atoms with Gasteiger partial charge in [0, 0.05) is 18.3 Å². The Bertz CT molecular complexity index is 996. The minimum atomic E-state index is -4.28. The summed E-state index contributed by atoms with van der Waals surface area (Å²) in [5.41, 5.74) is 1.86. The molecule has 10 heteroatoms. The van der Waals surface area contributed by atoms with Crippen LogP contribution in [-0.2, 0) is 16.7 Å². The number of aliphatic hydroxyl groups is 1. The Labute approximate surface area is 189 Å². The van der Waals surface area contributed by atoms with Gasteiger partial charge in [-0.15, -0.1) is 0 Å². The topological polar surface area (TPSA) is 140 Å². The van der Waals surface area contributed by atoms with Crippen LogP contribution in [0.4, 0.5) is 5.82 Å². The fraction of sp³-hybridized carbons (Fsp3) is 0.545. The molecule has 0 amide bonds. The molecule has 1 heterocycles. The van der Waals surface area contributed by atoms with Gasteiger partial charge in [-0.25, -0.2) is 4.68 Å². The maximum atomic E-state index is 11.4. The molecule has 0 saturated heterocycles. The molecule has 1 aliphatic rings. The van der Waals surface area contributed by atoms with Crippen molar-refractivity contribution in [3.8, 4) is 11.3 Å². The van der Waals surface area contributed by atoms with Crippen LogP contribution in [0.25, 0.3) is 11.3 Å². The average molecular weight is 464 g/mol. The van der Waals surface area contributed by atoms with Crippen LogP contribution in [0.3, 0.4) is 0 Å². The summed E-state index contributed by atoms with van der Waals surface area (Å²) < 4.78 is 33.9. The maximum Gasteiger partial charge on any atom is 0.294 e. The molecule has 32 heavy (non-hydrogen) atoms. The molecule has 176 valence electrons. The van der Waals surface area contributed by atoms with Gasteiger partial charge in [0.1, 0.15) is 11.5 Å². The number of nitrogens with zero attached hydrogens (tertiary/aromatic N) is 2. The van der Waals surface area contributed by atoms with Crippen molar-refractivity contribution in [2.45, 2.75) is 63.0 Å². The summed E-state index contributed by atoms with van der Waals surface area (Å²) in [7, 11) is -4.28. The van der Waals surface area contributed by atoms with E-state index in [0.29, 0.717) is 36.0 Å². The zero-order valence-electron chi connectivity index (χ0n) is 18.4. The standard InChI is InChI=1S/C22H33N5O4S/c1-2-3-12-24-15-25-22-20(13-23)21(17-6-10-19(11-7-17)32(29,30)31)26-27(22)14-16-4-8-18(28)9-5-16/h6-7,10-11,13,16,18,23-25,28H,2-5,8-9,12,14-15H2,1H3,(H,29,30,31). The highest BCUT2D eigenvalue weighted by Gasteiger charge is 2.24. The molecule has 0 radical (unpaired) electrons. The molecule has 0 unspecified atom stereocenters. The number of unbranched alkanes of at least 4 members (excludes halogenated alkanes) is 1. The van der Waals surface area contributed by atoms with E-state index in [1.54, 1.807) is 12.1 Å². The van der Waals surface area contributed by atoms with Crippen molar-refractivity contribution in [1.82, 2.24) is 15.1 Å². The van der Waals surface area contributed by atoms with Gasteiger partial charge in [0.05, 0.1) is 23.2 Å². The molecule has 9 nitrogen and oxygen atoms in total. The summed E-state index contributed by atoms with van der Waals surface area (Å²) >= 11 is 0. The van der Waals surface area contributed by atoms with Gasteiger partial charge in [-0.05, 0) is 56.7 Å². The van der Waals surface area contributed by atoms with Crippen LogP contribution in [0.1, 0.15) is 51.0 Å². The molecular formula is C22H33N5O4S. The highest BCUT2D eigenvalue weighted by Crippen LogP contribution is 2.31. The first-order valence-electron chi connectivity index (χ1n) is 11.1. The minimum absolute atomic E-state index is 0.184. The molecule has 2 aromatic rings. The predicted octanol–water partition coefficient (Wildman–Crippen LogP) is 3.10. The lowest BCUT2D eigenvalue weighted by Crippen LogP contribution is -2.26. The second-order valence-electron chi connectivity index (χ2n) is 8.32. The normalized spacial score (nSPS) is 19.1. The van der Waals surface area contributed by atoms with Crippen molar-refractivity contribution < 1.29 is 18.1 Å². The van der Waals surface area contributed by atoms with Crippen LogP contribution in [-0.4, -0.2) is 53.4 Å². The van der Waals surface area contributed by atoms with Gasteiger partial charge >= 0.3 is 0 Å². The van der Waals surface area contributed by atoms with E-state index in [4.69, 9.17) is 10.5 Å². The Hall–Kier alpha value is -2.27. The van der Waals surface area contributed by atoms with Crippen LogP contribution in [0, 0.1) is 11.3 Å². The Balaban J connectivity index is 1.89. The van der Waals surface area contributed by atoms with E-state index in [1.165, 1.54) is 18.3 Å². The first kappa shape index (κ1) is 24.4. The van der Waals surface area contributed by atoms with Crippen molar-refractivity contribution in [2.24, 2.45) is 5.92 Å². The van der Waals surface area contributed by atoms with E-state index < -0.39 is 10.1 Å². The van der Waals surface area contributed by atoms with E-state index in [1.807, 2.05) is 4.68 Å². The molecule has 0 aliphatic heterocycles. The van der Waals surface area contributed by atoms with E-state index >= 15 is 0 Å². The number of hydrogen-bond donors (Lipinski definition) is 5. The number of hydrogen-bond acceptors (Lipinski definition) is 7. The molecule has 5 N–H and O–H groups in total. The summed E-state index contributed by atoms with van der Waals surface area (Å²) in [6.45, 7) is 4.24. The van der Waals surface area contributed by atoms with Crippen molar-refractivity contribution in [3.63, 3.8) is 0 Å². The van der Waals surface area contributed by atoms with Gasteiger partial charge in [0.15, 0.2) is 0 Å². The highest BCUT2D eigenvalue weighted by molar-refractivity contribution is 7.85. The SMILES string of the molecule is CCCCNCNc1c(C=N)c(-c2ccc(S(=O)(=O)O)cc2)nn1CC1CCC(O)CC1. The lowest BCUT2D eigenvalue weighted by Gasteiger charge is -2.26. The van der Waals surface area contributed by atoms with Gasteiger partial charge < -0.3 is 21.1 Å². The minimum Gasteiger partial charge on any atom is -0.393 e. The molecule has 1 aliphatic carbocycles. The fourth-order valence-corrected chi connectivity index (χ4v) is 4.52. The summed E-state index contributed by atoms with van der Waals surface area (Å²) in [5, 5.41) is 29.3. The van der Waals surface area contributed by atoms with E-state index in [0.717, 1.165) is 50.9 Å². The molecule has 0 bridgehead atoms. The van der Waals surface area contributed by atoms with Gasteiger partial charge in [0.25, 0.3) is 10.1 Å². The Kier molecular flexibility index (Phi) is 8.41. The van der Waals surface area contributed by atoms with Gasteiger partial charge in [-0.3, -0.25) is 4.55 Å². The zero-order valence-corrected chi connectivity index (χ0v) is 19.2. The monoisotopic (exact) mass is 463 g/mol. The van der Waals surface area contributed by atoms with E-state index in [2.05, 4.69) is 17.6 Å². The summed E-state index contributed by atoms with van der Waals surface area (Å²) in [5.74, 6) is 1.13. The van der Waals surface area contributed by atoms with Crippen LogP contribution in [0.5, 0.6) is 0 Å². The third kappa shape index (κ3) is 6.16. The number of nitrogens with one attached hydrogen (secondary N) is 3. The zero-order chi connectivity index (χ0) is 23.1. The van der Waals surface area contributed by atoms with Crippen LogP contribution in [0.15, 0.2) is 29.2 Å². The molecule has 0 atom stereocenters. The van der Waals surface area contributed by atoms with Gasteiger partial charge in [-0.1, -0.05) is 25.5 Å². The smallest absolute Gasteiger partial charge is 0.294 e. The summed E-state index contributed by atoms with van der Waals surface area (Å²) in [6.07, 6.45) is 6.64.